The largest absolute Gasteiger partial charge is 0.398 e. The molecule has 0 atom stereocenters. The Bertz CT molecular complexity index is 688. The molecule has 2 amide bonds. The maximum Gasteiger partial charge on any atom is 0.251 e. The highest BCUT2D eigenvalue weighted by Crippen LogP contribution is 2.27. The average Bonchev–Trinajstić information content (AvgIpc) is 2.88. The van der Waals surface area contributed by atoms with Gasteiger partial charge in [-0.1, -0.05) is 0 Å². The van der Waals surface area contributed by atoms with Gasteiger partial charge in [0.05, 0.1) is 11.3 Å². The number of nitrogens with one attached hydrogen (secondary N) is 1. The van der Waals surface area contributed by atoms with Crippen LogP contribution in [0.25, 0.3) is 0 Å². The summed E-state index contributed by atoms with van der Waals surface area (Å²) >= 11 is 2.32. The van der Waals surface area contributed by atoms with Crippen molar-refractivity contribution in [3.05, 3.63) is 41.0 Å². The quantitative estimate of drug-likeness (QED) is 0.580. The van der Waals surface area contributed by atoms with Gasteiger partial charge in [0, 0.05) is 10.6 Å². The first-order valence-corrected chi connectivity index (χ1v) is 7.69. The van der Waals surface area contributed by atoms with Crippen molar-refractivity contribution in [1.29, 1.82) is 0 Å². The number of benzene rings is 1. The van der Waals surface area contributed by atoms with E-state index in [4.69, 9.17) is 11.5 Å². The van der Waals surface area contributed by atoms with Crippen LogP contribution in [0.5, 0.6) is 0 Å². The number of rotatable bonds is 5. The number of thiophene rings is 1. The van der Waals surface area contributed by atoms with Crippen molar-refractivity contribution in [2.75, 3.05) is 16.8 Å². The molecule has 0 aliphatic heterocycles. The number of nitrogen functional groups attached to an aromatic ring is 1. The summed E-state index contributed by atoms with van der Waals surface area (Å²) in [6.07, 6.45) is 0. The third kappa shape index (κ3) is 3.96. The van der Waals surface area contributed by atoms with Crippen molar-refractivity contribution < 1.29 is 14.0 Å². The molecule has 0 aliphatic rings. The minimum absolute atomic E-state index is 0.0454. The zero-order valence-corrected chi connectivity index (χ0v) is 12.4. The standard InChI is InChI=1S/C13H12FN3O2S2/c14-7-1-2-9(15)10(5-7)21-6-11(18)17-13-8(12(16)19)3-4-20-13/h1-5H,6,15H2,(H2,16,19)(H,17,18). The SMILES string of the molecule is NC(=O)c1ccsc1NC(=O)CSc1cc(F)ccc1N. The second-order valence-electron chi connectivity index (χ2n) is 4.05. The molecular formula is C13H12FN3O2S2. The van der Waals surface area contributed by atoms with Crippen LogP contribution in [-0.2, 0) is 4.79 Å². The van der Waals surface area contributed by atoms with Gasteiger partial charge >= 0.3 is 0 Å². The first-order chi connectivity index (χ1) is 9.97. The van der Waals surface area contributed by atoms with Crippen LogP contribution in [-0.4, -0.2) is 17.6 Å². The van der Waals surface area contributed by atoms with Crippen molar-refractivity contribution in [1.82, 2.24) is 0 Å². The van der Waals surface area contributed by atoms with E-state index in [0.29, 0.717) is 15.6 Å². The normalized spacial score (nSPS) is 10.3. The Morgan fingerprint density at radius 3 is 2.81 bits per heavy atom. The molecular weight excluding hydrogens is 313 g/mol. The number of nitrogens with two attached hydrogens (primary N) is 2. The number of anilines is 2. The number of amides is 2. The van der Waals surface area contributed by atoms with Crippen molar-refractivity contribution >= 4 is 45.6 Å². The molecule has 0 fully saturated rings. The average molecular weight is 325 g/mol. The van der Waals surface area contributed by atoms with Crippen LogP contribution >= 0.6 is 23.1 Å². The van der Waals surface area contributed by atoms with Crippen molar-refractivity contribution in [2.24, 2.45) is 5.73 Å². The highest BCUT2D eigenvalue weighted by Gasteiger charge is 2.13. The molecule has 8 heteroatoms. The molecule has 0 saturated heterocycles. The minimum Gasteiger partial charge on any atom is -0.398 e. The Kier molecular flexibility index (Phi) is 4.81. The van der Waals surface area contributed by atoms with Crippen LogP contribution in [0.3, 0.4) is 0 Å². The second kappa shape index (κ2) is 6.59. The zero-order valence-electron chi connectivity index (χ0n) is 10.8. The Morgan fingerprint density at radius 1 is 1.33 bits per heavy atom. The van der Waals surface area contributed by atoms with Crippen molar-refractivity contribution in [2.45, 2.75) is 4.90 Å². The number of carbonyl (C=O) groups is 2. The topological polar surface area (TPSA) is 98.2 Å². The summed E-state index contributed by atoms with van der Waals surface area (Å²) in [6.45, 7) is 0. The maximum atomic E-state index is 13.1. The van der Waals surface area contributed by atoms with E-state index in [-0.39, 0.29) is 17.2 Å². The van der Waals surface area contributed by atoms with E-state index in [0.717, 1.165) is 11.8 Å². The molecule has 0 aliphatic carbocycles. The van der Waals surface area contributed by atoms with Gasteiger partial charge in [0.2, 0.25) is 5.91 Å². The van der Waals surface area contributed by atoms with E-state index >= 15 is 0 Å². The lowest BCUT2D eigenvalue weighted by Crippen LogP contribution is -2.17. The van der Waals surface area contributed by atoms with Gasteiger partial charge < -0.3 is 16.8 Å². The lowest BCUT2D eigenvalue weighted by atomic mass is 10.3. The number of carbonyl (C=O) groups excluding carboxylic acids is 2. The van der Waals surface area contributed by atoms with Gasteiger partial charge in [0.15, 0.2) is 0 Å². The fourth-order valence-corrected chi connectivity index (χ4v) is 3.14. The van der Waals surface area contributed by atoms with Crippen molar-refractivity contribution in [3.8, 4) is 0 Å². The Hall–Kier alpha value is -2.06. The molecule has 110 valence electrons. The fourth-order valence-electron chi connectivity index (χ4n) is 1.54. The summed E-state index contributed by atoms with van der Waals surface area (Å²) < 4.78 is 13.1. The maximum absolute atomic E-state index is 13.1. The molecule has 0 spiro atoms. The summed E-state index contributed by atoms with van der Waals surface area (Å²) in [5.74, 6) is -1.30. The number of hydrogen-bond acceptors (Lipinski definition) is 5. The zero-order chi connectivity index (χ0) is 15.4. The van der Waals surface area contributed by atoms with Crippen LogP contribution in [0.4, 0.5) is 15.1 Å². The molecule has 0 unspecified atom stereocenters. The molecule has 0 bridgehead atoms. The van der Waals surface area contributed by atoms with Crippen LogP contribution in [0.2, 0.25) is 0 Å². The van der Waals surface area contributed by atoms with E-state index in [1.807, 2.05) is 0 Å². The van der Waals surface area contributed by atoms with E-state index in [1.165, 1.54) is 29.5 Å². The van der Waals surface area contributed by atoms with Crippen LogP contribution in [0.15, 0.2) is 34.5 Å². The number of halogens is 1. The molecule has 5 nitrogen and oxygen atoms in total. The van der Waals surface area contributed by atoms with Gasteiger partial charge in [-0.05, 0) is 29.6 Å². The second-order valence-corrected chi connectivity index (χ2v) is 5.98. The molecule has 21 heavy (non-hydrogen) atoms. The summed E-state index contributed by atoms with van der Waals surface area (Å²) in [7, 11) is 0. The Balaban J connectivity index is 1.98. The number of hydrogen-bond donors (Lipinski definition) is 3. The molecule has 2 aromatic rings. The van der Waals surface area contributed by atoms with Crippen molar-refractivity contribution in [3.63, 3.8) is 0 Å². The third-order valence-electron chi connectivity index (χ3n) is 2.52. The monoisotopic (exact) mass is 325 g/mol. The first kappa shape index (κ1) is 15.3. The lowest BCUT2D eigenvalue weighted by molar-refractivity contribution is -0.113. The predicted octanol–water partition coefficient (Wildman–Crippen LogP) is 2.30. The number of primary amides is 1. The minimum atomic E-state index is -0.603. The Morgan fingerprint density at radius 2 is 2.10 bits per heavy atom. The van der Waals surface area contributed by atoms with Crippen LogP contribution in [0.1, 0.15) is 10.4 Å². The highest BCUT2D eigenvalue weighted by molar-refractivity contribution is 8.00. The van der Waals surface area contributed by atoms with Gasteiger partial charge in [-0.3, -0.25) is 9.59 Å². The smallest absolute Gasteiger partial charge is 0.251 e. The predicted molar refractivity (Wildman–Crippen MR) is 83.0 cm³/mol. The molecule has 5 N–H and O–H groups in total. The van der Waals surface area contributed by atoms with Gasteiger partial charge in [0.25, 0.3) is 5.91 Å². The molecule has 1 aromatic carbocycles. The van der Waals surface area contributed by atoms with E-state index in [1.54, 1.807) is 11.4 Å². The summed E-state index contributed by atoms with van der Waals surface area (Å²) in [5, 5.41) is 4.66. The summed E-state index contributed by atoms with van der Waals surface area (Å²) in [5.41, 5.74) is 11.6. The summed E-state index contributed by atoms with van der Waals surface area (Å²) in [6, 6.07) is 5.51. The highest BCUT2D eigenvalue weighted by atomic mass is 32.2. The first-order valence-electron chi connectivity index (χ1n) is 5.82. The lowest BCUT2D eigenvalue weighted by Gasteiger charge is -2.06. The van der Waals surface area contributed by atoms with Gasteiger partial charge in [-0.2, -0.15) is 0 Å². The summed E-state index contributed by atoms with van der Waals surface area (Å²) in [4.78, 5) is 23.5. The van der Waals surface area contributed by atoms with E-state index in [9.17, 15) is 14.0 Å². The molecule has 0 radical (unpaired) electrons. The van der Waals surface area contributed by atoms with E-state index in [2.05, 4.69) is 5.32 Å². The van der Waals surface area contributed by atoms with Crippen LogP contribution in [0, 0.1) is 5.82 Å². The molecule has 0 saturated carbocycles. The molecule has 1 aromatic heterocycles. The van der Waals surface area contributed by atoms with Crippen LogP contribution < -0.4 is 16.8 Å². The molecule has 1 heterocycles. The molecule has 2 rings (SSSR count). The van der Waals surface area contributed by atoms with Gasteiger partial charge in [0.1, 0.15) is 10.8 Å². The Labute approximate surface area is 128 Å². The third-order valence-corrected chi connectivity index (χ3v) is 4.42. The van der Waals surface area contributed by atoms with Gasteiger partial charge in [-0.25, -0.2) is 4.39 Å². The van der Waals surface area contributed by atoms with E-state index < -0.39 is 11.7 Å². The number of thioether (sulfide) groups is 1. The van der Waals surface area contributed by atoms with Gasteiger partial charge in [-0.15, -0.1) is 23.1 Å². The fraction of sp³-hybridized carbons (Fsp3) is 0.0769.